The zero-order chi connectivity index (χ0) is 21.6. The number of carbonyl (C=O) groups is 2. The van der Waals surface area contributed by atoms with Crippen molar-refractivity contribution in [2.45, 2.75) is 26.3 Å². The molecule has 0 radical (unpaired) electrons. The lowest BCUT2D eigenvalue weighted by Crippen LogP contribution is -2.28. The topological polar surface area (TPSA) is 98.7 Å². The first kappa shape index (κ1) is 19.7. The molecule has 3 heterocycles. The lowest BCUT2D eigenvalue weighted by atomic mass is 9.84. The molecule has 7 heteroatoms. The molecule has 154 valence electrons. The Morgan fingerprint density at radius 1 is 1.20 bits per heavy atom. The number of pyridine rings is 1. The fourth-order valence-electron chi connectivity index (χ4n) is 4.05. The minimum absolute atomic E-state index is 0.0420. The van der Waals surface area contributed by atoms with Gasteiger partial charge in [-0.15, -0.1) is 0 Å². The summed E-state index contributed by atoms with van der Waals surface area (Å²) < 4.78 is 12.3. The Balaban J connectivity index is 2.02. The largest absolute Gasteiger partial charge is 0.477 e. The number of carbonyl (C=O) groups excluding carboxylic acids is 1. The maximum absolute atomic E-state index is 12.5. The number of hydrogen-bond acceptors (Lipinski definition) is 5. The van der Waals surface area contributed by atoms with Crippen LogP contribution in [-0.2, 0) is 11.2 Å². The van der Waals surface area contributed by atoms with Crippen LogP contribution in [0.1, 0.15) is 46.2 Å². The van der Waals surface area contributed by atoms with Gasteiger partial charge in [0.05, 0.1) is 24.6 Å². The molecule has 4 rings (SSSR count). The van der Waals surface area contributed by atoms with Crippen LogP contribution in [0.25, 0.3) is 22.6 Å². The molecule has 0 amide bonds. The van der Waals surface area contributed by atoms with E-state index in [4.69, 9.17) is 9.15 Å². The number of carboxylic acids is 1. The van der Waals surface area contributed by atoms with Crippen molar-refractivity contribution in [2.75, 3.05) is 7.11 Å². The summed E-state index contributed by atoms with van der Waals surface area (Å²) in [5.74, 6) is -1.05. The number of fused-ring (bicyclic) bond motifs is 3. The number of methoxy groups -OCH3 is 1. The summed E-state index contributed by atoms with van der Waals surface area (Å²) in [7, 11) is 1.31. The second-order valence-electron chi connectivity index (χ2n) is 7.69. The molecule has 0 saturated carbocycles. The van der Waals surface area contributed by atoms with Crippen molar-refractivity contribution < 1.29 is 23.8 Å². The summed E-state index contributed by atoms with van der Waals surface area (Å²) in [4.78, 5) is 36.4. The van der Waals surface area contributed by atoms with Crippen molar-refractivity contribution in [3.05, 3.63) is 69.7 Å². The third-order valence-corrected chi connectivity index (χ3v) is 5.58. The Kier molecular flexibility index (Phi) is 4.81. The molecular weight excluding hydrogens is 386 g/mol. The van der Waals surface area contributed by atoms with Crippen LogP contribution >= 0.6 is 0 Å². The van der Waals surface area contributed by atoms with Crippen molar-refractivity contribution in [3.63, 3.8) is 0 Å². The van der Waals surface area contributed by atoms with Gasteiger partial charge in [-0.1, -0.05) is 13.8 Å². The van der Waals surface area contributed by atoms with Gasteiger partial charge in [0.15, 0.2) is 5.43 Å². The lowest BCUT2D eigenvalue weighted by molar-refractivity contribution is 0.0600. The molecule has 0 fully saturated rings. The van der Waals surface area contributed by atoms with Crippen molar-refractivity contribution in [1.82, 2.24) is 4.57 Å². The second kappa shape index (κ2) is 7.33. The monoisotopic (exact) mass is 407 g/mol. The molecular formula is C23H21NO6. The Bertz CT molecular complexity index is 1200. The molecule has 1 atom stereocenters. The SMILES string of the molecule is COC(=O)c1cc2c(cc1-c1ccco1)CC(C(C)C)n1cc(C(=O)O)c(=O)cc1-2. The predicted molar refractivity (Wildman–Crippen MR) is 110 cm³/mol. The highest BCUT2D eigenvalue weighted by atomic mass is 16.5. The predicted octanol–water partition coefficient (Wildman–Crippen LogP) is 4.01. The number of benzene rings is 1. The number of aromatic nitrogens is 1. The standard InChI is InChI=1S/C23H21NO6/c1-12(2)18-8-13-7-15(21-5-4-6-30-21)16(23(28)29-3)9-14(13)19-10-20(25)17(22(26)27)11-24(18)19/h4-7,9-12,18H,8H2,1-3H3,(H,26,27). The summed E-state index contributed by atoms with van der Waals surface area (Å²) in [6.07, 6.45) is 3.57. The van der Waals surface area contributed by atoms with E-state index in [1.165, 1.54) is 25.6 Å². The van der Waals surface area contributed by atoms with Gasteiger partial charge >= 0.3 is 11.9 Å². The number of rotatable bonds is 4. The van der Waals surface area contributed by atoms with Crippen molar-refractivity contribution in [2.24, 2.45) is 5.92 Å². The number of ether oxygens (including phenoxy) is 1. The second-order valence-corrected chi connectivity index (χ2v) is 7.69. The van der Waals surface area contributed by atoms with E-state index < -0.39 is 17.4 Å². The van der Waals surface area contributed by atoms with E-state index in [-0.39, 0.29) is 17.5 Å². The molecule has 1 unspecified atom stereocenters. The Labute approximate surface area is 172 Å². The van der Waals surface area contributed by atoms with Gasteiger partial charge in [0.1, 0.15) is 11.3 Å². The number of carboxylic acid groups (broad SMARTS) is 1. The summed E-state index contributed by atoms with van der Waals surface area (Å²) >= 11 is 0. The lowest BCUT2D eigenvalue weighted by Gasteiger charge is -2.33. The fraction of sp³-hybridized carbons (Fsp3) is 0.261. The van der Waals surface area contributed by atoms with E-state index in [0.29, 0.717) is 34.6 Å². The van der Waals surface area contributed by atoms with E-state index in [1.54, 1.807) is 18.2 Å². The van der Waals surface area contributed by atoms with E-state index in [2.05, 4.69) is 0 Å². The van der Waals surface area contributed by atoms with Crippen molar-refractivity contribution >= 4 is 11.9 Å². The third-order valence-electron chi connectivity index (χ3n) is 5.58. The van der Waals surface area contributed by atoms with Gasteiger partial charge in [0.25, 0.3) is 0 Å². The molecule has 0 saturated heterocycles. The molecule has 7 nitrogen and oxygen atoms in total. The maximum Gasteiger partial charge on any atom is 0.341 e. The molecule has 30 heavy (non-hydrogen) atoms. The normalized spacial score (nSPS) is 14.9. The number of esters is 1. The summed E-state index contributed by atoms with van der Waals surface area (Å²) in [6, 6.07) is 8.41. The van der Waals surface area contributed by atoms with Gasteiger partial charge in [-0.25, -0.2) is 9.59 Å². The van der Waals surface area contributed by atoms with E-state index in [9.17, 15) is 19.5 Å². The van der Waals surface area contributed by atoms with Crippen LogP contribution in [0.3, 0.4) is 0 Å². The van der Waals surface area contributed by atoms with Crippen molar-refractivity contribution in [3.8, 4) is 22.6 Å². The molecule has 1 N–H and O–H groups in total. The highest BCUT2D eigenvalue weighted by molar-refractivity contribution is 5.98. The molecule has 0 aliphatic carbocycles. The number of nitrogens with zero attached hydrogens (tertiary/aromatic N) is 1. The van der Waals surface area contributed by atoms with Gasteiger partial charge in [0.2, 0.25) is 0 Å². The van der Waals surface area contributed by atoms with Crippen LogP contribution in [0.15, 0.2) is 52.0 Å². The van der Waals surface area contributed by atoms with Crippen LogP contribution in [-0.4, -0.2) is 28.7 Å². The summed E-state index contributed by atoms with van der Waals surface area (Å²) in [5.41, 5.74) is 2.33. The van der Waals surface area contributed by atoms with E-state index in [0.717, 1.165) is 5.56 Å². The smallest absolute Gasteiger partial charge is 0.341 e. The van der Waals surface area contributed by atoms with Gasteiger partial charge in [-0.05, 0) is 42.2 Å². The molecule has 2 aromatic heterocycles. The fourth-order valence-corrected chi connectivity index (χ4v) is 4.05. The zero-order valence-corrected chi connectivity index (χ0v) is 16.8. The van der Waals surface area contributed by atoms with Gasteiger partial charge < -0.3 is 18.8 Å². The maximum atomic E-state index is 12.5. The Morgan fingerprint density at radius 3 is 2.57 bits per heavy atom. The number of furan rings is 1. The van der Waals surface area contributed by atoms with Crippen LogP contribution < -0.4 is 5.43 Å². The molecule has 1 aromatic carbocycles. The number of aromatic carboxylic acids is 1. The highest BCUT2D eigenvalue weighted by Crippen LogP contribution is 2.40. The molecule has 0 spiro atoms. The first-order valence-corrected chi connectivity index (χ1v) is 9.60. The van der Waals surface area contributed by atoms with Crippen LogP contribution in [0.2, 0.25) is 0 Å². The first-order valence-electron chi connectivity index (χ1n) is 9.60. The van der Waals surface area contributed by atoms with Crippen LogP contribution in [0.4, 0.5) is 0 Å². The van der Waals surface area contributed by atoms with Crippen molar-refractivity contribution in [1.29, 1.82) is 0 Å². The third kappa shape index (κ3) is 3.12. The number of hydrogen-bond donors (Lipinski definition) is 1. The minimum atomic E-state index is -1.26. The van der Waals surface area contributed by atoms with Gasteiger partial charge in [-0.2, -0.15) is 0 Å². The van der Waals surface area contributed by atoms with Gasteiger partial charge in [-0.3, -0.25) is 4.79 Å². The van der Waals surface area contributed by atoms with E-state index in [1.807, 2.05) is 24.5 Å². The van der Waals surface area contributed by atoms with Crippen LogP contribution in [0.5, 0.6) is 0 Å². The highest BCUT2D eigenvalue weighted by Gasteiger charge is 2.30. The zero-order valence-electron chi connectivity index (χ0n) is 16.8. The van der Waals surface area contributed by atoms with E-state index >= 15 is 0 Å². The Morgan fingerprint density at radius 2 is 1.97 bits per heavy atom. The molecule has 1 aliphatic heterocycles. The minimum Gasteiger partial charge on any atom is -0.477 e. The summed E-state index contributed by atoms with van der Waals surface area (Å²) in [6.45, 7) is 4.10. The van der Waals surface area contributed by atoms with Gasteiger partial charge in [0, 0.05) is 29.4 Å². The molecule has 0 bridgehead atoms. The summed E-state index contributed by atoms with van der Waals surface area (Å²) in [5, 5.41) is 9.39. The quantitative estimate of drug-likeness (QED) is 0.656. The molecule has 3 aromatic rings. The average molecular weight is 407 g/mol. The molecule has 1 aliphatic rings. The first-order chi connectivity index (χ1) is 14.3. The Hall–Kier alpha value is -3.61. The average Bonchev–Trinajstić information content (AvgIpc) is 3.25. The van der Waals surface area contributed by atoms with Crippen LogP contribution in [0, 0.1) is 5.92 Å².